The van der Waals surface area contributed by atoms with Gasteiger partial charge in [0.2, 0.25) is 0 Å². The van der Waals surface area contributed by atoms with Crippen molar-refractivity contribution in [3.8, 4) is 5.75 Å². The molecule has 0 radical (unpaired) electrons. The number of carboxylic acid groups (broad SMARTS) is 1. The molecule has 0 saturated heterocycles. The minimum Gasteiger partial charge on any atom is -0.487 e. The molecule has 0 heterocycles. The highest BCUT2D eigenvalue weighted by Gasteiger charge is 2.20. The number of para-hydroxylation sites is 1. The van der Waals surface area contributed by atoms with E-state index in [1.165, 1.54) is 0 Å². The van der Waals surface area contributed by atoms with Gasteiger partial charge < -0.3 is 9.84 Å². The number of aromatic carboxylic acids is 1. The maximum atomic E-state index is 11.1. The second-order valence-corrected chi connectivity index (χ2v) is 4.67. The van der Waals surface area contributed by atoms with Crippen molar-refractivity contribution >= 4 is 5.97 Å². The van der Waals surface area contributed by atoms with Gasteiger partial charge in [0.25, 0.3) is 0 Å². The maximum Gasteiger partial charge on any atom is 0.339 e. The maximum absolute atomic E-state index is 11.1. The number of ether oxygens (including phenoxy) is 1. The second-order valence-electron chi connectivity index (χ2n) is 4.67. The normalized spacial score (nSPS) is 11.2. The molecule has 0 aromatic heterocycles. The molecule has 3 heteroatoms. The van der Waals surface area contributed by atoms with E-state index in [4.69, 9.17) is 9.84 Å². The zero-order valence-electron chi connectivity index (χ0n) is 10.2. The molecule has 1 N–H and O–H groups in total. The van der Waals surface area contributed by atoms with Crippen LogP contribution in [0.25, 0.3) is 0 Å². The van der Waals surface area contributed by atoms with Gasteiger partial charge in [0.05, 0.1) is 0 Å². The lowest BCUT2D eigenvalue weighted by molar-refractivity contribution is 0.0680. The molecule has 88 valence electrons. The first kappa shape index (κ1) is 12.6. The third-order valence-electron chi connectivity index (χ3n) is 2.12. The predicted octanol–water partition coefficient (Wildman–Crippen LogP) is 3.12. The van der Waals surface area contributed by atoms with E-state index in [2.05, 4.69) is 0 Å². The van der Waals surface area contributed by atoms with E-state index in [1.807, 2.05) is 33.8 Å². The Morgan fingerprint density at radius 3 is 2.44 bits per heavy atom. The van der Waals surface area contributed by atoms with Crippen LogP contribution < -0.4 is 4.74 Å². The zero-order valence-corrected chi connectivity index (χ0v) is 10.2. The summed E-state index contributed by atoms with van der Waals surface area (Å²) in [5.74, 6) is -0.459. The number of carbonyl (C=O) groups is 1. The van der Waals surface area contributed by atoms with Crippen LogP contribution >= 0.6 is 0 Å². The summed E-state index contributed by atoms with van der Waals surface area (Å²) in [4.78, 5) is 11.1. The number of rotatable bonds is 3. The Balaban J connectivity index is 3.25. The second kappa shape index (κ2) is 4.56. The quantitative estimate of drug-likeness (QED) is 0.854. The van der Waals surface area contributed by atoms with Gasteiger partial charge in [-0.15, -0.1) is 0 Å². The molecule has 0 aliphatic heterocycles. The summed E-state index contributed by atoms with van der Waals surface area (Å²) in [5.41, 5.74) is 0.763. The highest BCUT2D eigenvalue weighted by molar-refractivity contribution is 5.91. The average Bonchev–Trinajstić information content (AvgIpc) is 2.15. The molecular formula is C13H18O3. The van der Waals surface area contributed by atoms with E-state index in [1.54, 1.807) is 12.1 Å². The van der Waals surface area contributed by atoms with Gasteiger partial charge in [0.15, 0.2) is 0 Å². The summed E-state index contributed by atoms with van der Waals surface area (Å²) < 4.78 is 5.74. The molecule has 1 aromatic carbocycles. The molecule has 0 aliphatic carbocycles. The van der Waals surface area contributed by atoms with Crippen LogP contribution in [0, 0.1) is 0 Å². The minimum absolute atomic E-state index is 0.231. The lowest BCUT2D eigenvalue weighted by Crippen LogP contribution is -2.25. The van der Waals surface area contributed by atoms with E-state index >= 15 is 0 Å². The van der Waals surface area contributed by atoms with Crippen LogP contribution in [0.15, 0.2) is 18.2 Å². The molecule has 0 unspecified atom stereocenters. The summed E-state index contributed by atoms with van der Waals surface area (Å²) in [6.45, 7) is 7.71. The van der Waals surface area contributed by atoms with Gasteiger partial charge >= 0.3 is 5.97 Å². The lowest BCUT2D eigenvalue weighted by Gasteiger charge is -2.24. The Bertz CT molecular complexity index is 389. The van der Waals surface area contributed by atoms with Crippen molar-refractivity contribution in [3.63, 3.8) is 0 Å². The van der Waals surface area contributed by atoms with E-state index in [-0.39, 0.29) is 5.56 Å². The molecule has 0 spiro atoms. The Hall–Kier alpha value is -1.51. The summed E-state index contributed by atoms with van der Waals surface area (Å²) in [6.07, 6.45) is 0.756. The van der Waals surface area contributed by atoms with Gasteiger partial charge in [-0.1, -0.05) is 19.1 Å². The van der Waals surface area contributed by atoms with Crippen molar-refractivity contribution in [2.24, 2.45) is 0 Å². The molecule has 0 aliphatic rings. The van der Waals surface area contributed by atoms with E-state index in [9.17, 15) is 4.79 Å². The van der Waals surface area contributed by atoms with Gasteiger partial charge in [-0.05, 0) is 38.8 Å². The van der Waals surface area contributed by atoms with Crippen LogP contribution in [0.5, 0.6) is 5.75 Å². The Kier molecular flexibility index (Phi) is 3.58. The van der Waals surface area contributed by atoms with Gasteiger partial charge in [0, 0.05) is 0 Å². The molecule has 0 amide bonds. The smallest absolute Gasteiger partial charge is 0.339 e. The largest absolute Gasteiger partial charge is 0.487 e. The first-order valence-electron chi connectivity index (χ1n) is 5.39. The Morgan fingerprint density at radius 1 is 1.38 bits per heavy atom. The van der Waals surface area contributed by atoms with Gasteiger partial charge in [-0.25, -0.2) is 4.79 Å². The highest BCUT2D eigenvalue weighted by atomic mass is 16.5. The topological polar surface area (TPSA) is 46.5 Å². The van der Waals surface area contributed by atoms with Crippen LogP contribution in [0.4, 0.5) is 0 Å². The van der Waals surface area contributed by atoms with Crippen molar-refractivity contribution in [3.05, 3.63) is 29.3 Å². The van der Waals surface area contributed by atoms with Crippen LogP contribution in [0.3, 0.4) is 0 Å². The molecule has 0 bridgehead atoms. The number of hydrogen-bond donors (Lipinski definition) is 1. The van der Waals surface area contributed by atoms with Crippen LogP contribution in [0.1, 0.15) is 43.6 Å². The molecule has 3 nitrogen and oxygen atoms in total. The number of hydrogen-bond acceptors (Lipinski definition) is 2. The standard InChI is InChI=1S/C13H18O3/c1-5-9-7-6-8-10(12(14)15)11(9)16-13(2,3)4/h6-8H,5H2,1-4H3,(H,14,15). The van der Waals surface area contributed by atoms with Gasteiger partial charge in [-0.2, -0.15) is 0 Å². The molecular weight excluding hydrogens is 204 g/mol. The molecule has 1 rings (SSSR count). The SMILES string of the molecule is CCc1cccc(C(=O)O)c1OC(C)(C)C. The molecule has 0 atom stereocenters. The predicted molar refractivity (Wildman–Crippen MR) is 63.2 cm³/mol. The average molecular weight is 222 g/mol. The monoisotopic (exact) mass is 222 g/mol. The van der Waals surface area contributed by atoms with Crippen molar-refractivity contribution < 1.29 is 14.6 Å². The fraction of sp³-hybridized carbons (Fsp3) is 0.462. The molecule has 0 fully saturated rings. The van der Waals surface area contributed by atoms with Gasteiger partial charge in [-0.3, -0.25) is 0 Å². The summed E-state index contributed by atoms with van der Waals surface area (Å²) in [6, 6.07) is 5.22. The van der Waals surface area contributed by atoms with E-state index in [0.29, 0.717) is 5.75 Å². The Labute approximate surface area is 96.1 Å². The number of benzene rings is 1. The van der Waals surface area contributed by atoms with Gasteiger partial charge in [0.1, 0.15) is 16.9 Å². The van der Waals surface area contributed by atoms with Crippen LogP contribution in [-0.2, 0) is 6.42 Å². The third-order valence-corrected chi connectivity index (χ3v) is 2.12. The summed E-state index contributed by atoms with van der Waals surface area (Å²) in [5, 5.41) is 9.10. The van der Waals surface area contributed by atoms with Crippen LogP contribution in [0.2, 0.25) is 0 Å². The fourth-order valence-electron chi connectivity index (χ4n) is 1.46. The molecule has 16 heavy (non-hydrogen) atoms. The number of carboxylic acids is 1. The van der Waals surface area contributed by atoms with Crippen molar-refractivity contribution in [2.75, 3.05) is 0 Å². The molecule has 0 saturated carbocycles. The fourth-order valence-corrected chi connectivity index (χ4v) is 1.46. The lowest BCUT2D eigenvalue weighted by atomic mass is 10.1. The first-order valence-corrected chi connectivity index (χ1v) is 5.39. The van der Waals surface area contributed by atoms with Crippen LogP contribution in [-0.4, -0.2) is 16.7 Å². The Morgan fingerprint density at radius 2 is 2.00 bits per heavy atom. The minimum atomic E-state index is -0.949. The van der Waals surface area contributed by atoms with Crippen molar-refractivity contribution in [2.45, 2.75) is 39.7 Å². The third kappa shape index (κ3) is 2.99. The van der Waals surface area contributed by atoms with Crippen molar-refractivity contribution in [1.29, 1.82) is 0 Å². The zero-order chi connectivity index (χ0) is 12.3. The van der Waals surface area contributed by atoms with E-state index in [0.717, 1.165) is 12.0 Å². The highest BCUT2D eigenvalue weighted by Crippen LogP contribution is 2.28. The first-order chi connectivity index (χ1) is 7.35. The molecule has 1 aromatic rings. The summed E-state index contributed by atoms with van der Waals surface area (Å²) in [7, 11) is 0. The number of aryl methyl sites for hydroxylation is 1. The van der Waals surface area contributed by atoms with Crippen molar-refractivity contribution in [1.82, 2.24) is 0 Å². The van der Waals surface area contributed by atoms with E-state index < -0.39 is 11.6 Å². The summed E-state index contributed by atoms with van der Waals surface area (Å²) >= 11 is 0.